The van der Waals surface area contributed by atoms with E-state index in [4.69, 9.17) is 13.9 Å². The summed E-state index contributed by atoms with van der Waals surface area (Å²) in [5, 5.41) is 8.06. The zero-order valence-electron chi connectivity index (χ0n) is 17.7. The molecule has 32 heavy (non-hydrogen) atoms. The predicted octanol–water partition coefficient (Wildman–Crippen LogP) is 1.46. The summed E-state index contributed by atoms with van der Waals surface area (Å²) in [6, 6.07) is 9.36. The van der Waals surface area contributed by atoms with Crippen LogP contribution < -0.4 is 25.6 Å². The van der Waals surface area contributed by atoms with Gasteiger partial charge in [-0.2, -0.15) is 0 Å². The minimum absolute atomic E-state index is 0.145. The number of fused-ring (bicyclic) bond motifs is 1. The average molecular weight is 440 g/mol. The Morgan fingerprint density at radius 3 is 2.78 bits per heavy atom. The minimum Gasteiger partial charge on any atom is -0.477 e. The molecule has 0 bridgehead atoms. The Labute approximate surface area is 184 Å². The van der Waals surface area contributed by atoms with Crippen LogP contribution in [-0.2, 0) is 14.3 Å². The fourth-order valence-electron chi connectivity index (χ4n) is 3.81. The van der Waals surface area contributed by atoms with Crippen molar-refractivity contribution in [3.05, 3.63) is 59.7 Å². The van der Waals surface area contributed by atoms with E-state index < -0.39 is 24.1 Å². The van der Waals surface area contributed by atoms with Crippen LogP contribution in [0.3, 0.4) is 0 Å². The van der Waals surface area contributed by atoms with Gasteiger partial charge in [-0.25, -0.2) is 9.59 Å². The lowest BCUT2D eigenvalue weighted by atomic mass is 9.99. The smallest absolute Gasteiger partial charge is 0.338 e. The molecule has 2 aliphatic heterocycles. The van der Waals surface area contributed by atoms with Crippen molar-refractivity contribution in [3.8, 4) is 5.75 Å². The number of hydrogen-bond acceptors (Lipinski definition) is 7. The highest BCUT2D eigenvalue weighted by Gasteiger charge is 2.37. The molecule has 2 aliphatic rings. The highest BCUT2D eigenvalue weighted by molar-refractivity contribution is 5.95. The van der Waals surface area contributed by atoms with Crippen LogP contribution in [0.15, 0.2) is 58.3 Å². The van der Waals surface area contributed by atoms with Gasteiger partial charge in [0.2, 0.25) is 0 Å². The van der Waals surface area contributed by atoms with E-state index in [2.05, 4.69) is 16.0 Å². The molecule has 0 spiro atoms. The Morgan fingerprint density at radius 1 is 1.25 bits per heavy atom. The molecule has 0 saturated heterocycles. The fourth-order valence-corrected chi connectivity index (χ4v) is 3.81. The second kappa shape index (κ2) is 9.04. The number of hydrogen-bond donors (Lipinski definition) is 3. The Hall–Kier alpha value is -3.95. The first-order valence-corrected chi connectivity index (χ1v) is 10.2. The van der Waals surface area contributed by atoms with Crippen molar-refractivity contribution in [1.82, 2.24) is 16.0 Å². The molecule has 4 rings (SSSR count). The number of rotatable bonds is 6. The summed E-state index contributed by atoms with van der Waals surface area (Å²) in [4.78, 5) is 39.5. The van der Waals surface area contributed by atoms with Crippen molar-refractivity contribution in [3.63, 3.8) is 0 Å². The number of carbonyl (C=O) groups excluding carboxylic acids is 3. The van der Waals surface area contributed by atoms with Gasteiger partial charge in [0, 0.05) is 7.05 Å². The Balaban J connectivity index is 1.75. The fraction of sp³-hybridized carbons (Fsp3) is 0.318. The number of benzene rings is 1. The molecule has 3 N–H and O–H groups in total. The molecular formula is C22H24N4O6. The molecule has 10 heteroatoms. The van der Waals surface area contributed by atoms with Crippen molar-refractivity contribution in [2.75, 3.05) is 31.6 Å². The molecule has 1 aromatic heterocycles. The van der Waals surface area contributed by atoms with Crippen LogP contribution in [0, 0.1) is 0 Å². The van der Waals surface area contributed by atoms with Crippen molar-refractivity contribution in [2.24, 2.45) is 0 Å². The second-order valence-corrected chi connectivity index (χ2v) is 7.23. The first kappa shape index (κ1) is 21.3. The van der Waals surface area contributed by atoms with E-state index in [1.807, 2.05) is 23.1 Å². The molecular weight excluding hydrogens is 416 g/mol. The van der Waals surface area contributed by atoms with E-state index in [0.29, 0.717) is 17.2 Å². The minimum atomic E-state index is -0.807. The molecule has 1 aromatic carbocycles. The number of furan rings is 1. The van der Waals surface area contributed by atoms with E-state index in [1.165, 1.54) is 6.26 Å². The first-order chi connectivity index (χ1) is 15.5. The Bertz CT molecular complexity index is 1050. The molecule has 10 nitrogen and oxygen atoms in total. The molecule has 168 valence electrons. The third-order valence-electron chi connectivity index (χ3n) is 5.23. The van der Waals surface area contributed by atoms with Gasteiger partial charge in [0.1, 0.15) is 17.6 Å². The lowest BCUT2D eigenvalue weighted by Gasteiger charge is -2.37. The SMILES string of the molecule is CCOC(=O)C1=C(CN2C[C@H](C(=O)NC)Oc3ccccc32)NC(=O)N[C@H]1c1ccco1. The molecule has 2 aromatic rings. The van der Waals surface area contributed by atoms with E-state index in [0.717, 1.165) is 5.69 Å². The van der Waals surface area contributed by atoms with Gasteiger partial charge >= 0.3 is 12.0 Å². The molecule has 3 amide bonds. The van der Waals surface area contributed by atoms with Gasteiger partial charge < -0.3 is 34.7 Å². The summed E-state index contributed by atoms with van der Waals surface area (Å²) in [5.74, 6) is 0.104. The first-order valence-electron chi connectivity index (χ1n) is 10.2. The molecule has 3 heterocycles. The number of para-hydroxylation sites is 2. The average Bonchev–Trinajstić information content (AvgIpc) is 3.33. The van der Waals surface area contributed by atoms with Crippen LogP contribution in [0.1, 0.15) is 18.7 Å². The van der Waals surface area contributed by atoms with Gasteiger partial charge in [0.15, 0.2) is 6.10 Å². The third kappa shape index (κ3) is 4.11. The van der Waals surface area contributed by atoms with Crippen molar-refractivity contribution in [2.45, 2.75) is 19.1 Å². The van der Waals surface area contributed by atoms with Crippen LogP contribution in [0.5, 0.6) is 5.75 Å². The number of nitrogens with one attached hydrogen (secondary N) is 3. The highest BCUT2D eigenvalue weighted by Crippen LogP contribution is 2.35. The van der Waals surface area contributed by atoms with Gasteiger partial charge in [-0.15, -0.1) is 0 Å². The topological polar surface area (TPSA) is 122 Å². The standard InChI is InChI=1S/C22H24N4O6/c1-3-30-21(28)18-13(24-22(29)25-19(18)16-9-6-10-31-16)11-26-12-17(20(27)23-2)32-15-8-5-4-7-14(15)26/h4-10,17,19H,3,11-12H2,1-2H3,(H,23,27)(H2,24,25,29)/t17-,19+/m1/s1. The van der Waals surface area contributed by atoms with E-state index in [1.54, 1.807) is 32.2 Å². The summed E-state index contributed by atoms with van der Waals surface area (Å²) in [6.45, 7) is 2.26. The zero-order chi connectivity index (χ0) is 22.7. The summed E-state index contributed by atoms with van der Waals surface area (Å²) in [5.41, 5.74) is 1.34. The molecule has 2 atom stereocenters. The maximum atomic E-state index is 12.9. The van der Waals surface area contributed by atoms with E-state index >= 15 is 0 Å². The van der Waals surface area contributed by atoms with Gasteiger partial charge in [-0.3, -0.25) is 4.79 Å². The number of ether oxygens (including phenoxy) is 2. The van der Waals surface area contributed by atoms with Gasteiger partial charge in [-0.1, -0.05) is 12.1 Å². The maximum Gasteiger partial charge on any atom is 0.338 e. The van der Waals surface area contributed by atoms with Crippen LogP contribution in [0.4, 0.5) is 10.5 Å². The summed E-state index contributed by atoms with van der Waals surface area (Å²) < 4.78 is 16.6. The zero-order valence-corrected chi connectivity index (χ0v) is 17.7. The van der Waals surface area contributed by atoms with Crippen LogP contribution in [-0.4, -0.2) is 50.8 Å². The van der Waals surface area contributed by atoms with Gasteiger partial charge in [0.05, 0.1) is 42.9 Å². The number of carbonyl (C=O) groups is 3. The predicted molar refractivity (Wildman–Crippen MR) is 114 cm³/mol. The van der Waals surface area contributed by atoms with Gasteiger partial charge in [0.25, 0.3) is 5.91 Å². The normalized spacial score (nSPS) is 19.9. The largest absolute Gasteiger partial charge is 0.477 e. The summed E-state index contributed by atoms with van der Waals surface area (Å²) in [6.07, 6.45) is 0.720. The molecule has 0 radical (unpaired) electrons. The second-order valence-electron chi connectivity index (χ2n) is 7.23. The van der Waals surface area contributed by atoms with Gasteiger partial charge in [-0.05, 0) is 31.2 Å². The summed E-state index contributed by atoms with van der Waals surface area (Å²) >= 11 is 0. The molecule has 0 aliphatic carbocycles. The maximum absolute atomic E-state index is 12.9. The quantitative estimate of drug-likeness (QED) is 0.582. The lowest BCUT2D eigenvalue weighted by molar-refractivity contribution is -0.139. The van der Waals surface area contributed by atoms with Crippen LogP contribution >= 0.6 is 0 Å². The van der Waals surface area contributed by atoms with Crippen LogP contribution in [0.2, 0.25) is 0 Å². The van der Waals surface area contributed by atoms with Crippen molar-refractivity contribution in [1.29, 1.82) is 0 Å². The summed E-state index contributed by atoms with van der Waals surface area (Å²) in [7, 11) is 1.54. The number of likely N-dealkylation sites (N-methyl/N-ethyl adjacent to an activating group) is 1. The number of urea groups is 1. The monoisotopic (exact) mass is 440 g/mol. The molecule has 0 saturated carbocycles. The third-order valence-corrected chi connectivity index (χ3v) is 5.23. The number of esters is 1. The molecule has 0 unspecified atom stereocenters. The van der Waals surface area contributed by atoms with Crippen molar-refractivity contribution < 1.29 is 28.3 Å². The Morgan fingerprint density at radius 2 is 2.06 bits per heavy atom. The van der Waals surface area contributed by atoms with E-state index in [-0.39, 0.29) is 31.2 Å². The van der Waals surface area contributed by atoms with Crippen molar-refractivity contribution >= 4 is 23.6 Å². The highest BCUT2D eigenvalue weighted by atomic mass is 16.5. The number of anilines is 1. The van der Waals surface area contributed by atoms with E-state index in [9.17, 15) is 14.4 Å². The van der Waals surface area contributed by atoms with Crippen LogP contribution in [0.25, 0.3) is 0 Å². The Kier molecular flexibility index (Phi) is 6.02. The number of nitrogens with zero attached hydrogens (tertiary/aromatic N) is 1. The lowest BCUT2D eigenvalue weighted by Crippen LogP contribution is -2.52. The number of amides is 3. The molecule has 0 fully saturated rings.